The van der Waals surface area contributed by atoms with Crippen molar-refractivity contribution in [2.75, 3.05) is 26.9 Å². The Morgan fingerprint density at radius 3 is 2.32 bits per heavy atom. The number of nitrogens with zero attached hydrogens (tertiary/aromatic N) is 2. The molecule has 1 aromatic carbocycles. The predicted octanol–water partition coefficient (Wildman–Crippen LogP) is 2.99. The van der Waals surface area contributed by atoms with Gasteiger partial charge in [0, 0.05) is 14.1 Å². The van der Waals surface area contributed by atoms with Gasteiger partial charge in [0.05, 0.1) is 18.4 Å². The first kappa shape index (κ1) is 24.9. The van der Waals surface area contributed by atoms with Crippen molar-refractivity contribution in [1.82, 2.24) is 4.90 Å². The smallest absolute Gasteiger partial charge is 0.337 e. The average molecular weight is 410 g/mol. The Labute approximate surface area is 166 Å². The molecule has 0 fully saturated rings. The van der Waals surface area contributed by atoms with Crippen LogP contribution >= 0.6 is 0 Å². The number of hydrogen-bond acceptors (Lipinski definition) is 6. The largest absolute Gasteiger partial charge is 0.465 e. The second kappa shape index (κ2) is 11.6. The van der Waals surface area contributed by atoms with Crippen LogP contribution in [0.2, 0.25) is 0 Å². The molecule has 0 saturated heterocycles. The van der Waals surface area contributed by atoms with E-state index in [1.54, 1.807) is 14.1 Å². The minimum atomic E-state index is -4.21. The summed E-state index contributed by atoms with van der Waals surface area (Å²) in [7, 11) is 0.176. The summed E-state index contributed by atoms with van der Waals surface area (Å²) >= 11 is 0. The molecule has 9 heteroatoms. The van der Waals surface area contributed by atoms with Crippen molar-refractivity contribution in [3.63, 3.8) is 0 Å². The fourth-order valence-corrected chi connectivity index (χ4v) is 2.85. The van der Waals surface area contributed by atoms with Crippen molar-refractivity contribution in [2.24, 2.45) is 4.40 Å². The Hall–Kier alpha value is -3.07. The fraction of sp³-hybridized carbons (Fsp3) is 0.263. The second-order valence-electron chi connectivity index (χ2n) is 5.15. The summed E-state index contributed by atoms with van der Waals surface area (Å²) in [5.41, 5.74) is 5.79. The number of nitrogens with two attached hydrogens (primary N) is 1. The molecule has 1 aromatic rings. The van der Waals surface area contributed by atoms with Crippen LogP contribution in [0, 0.1) is 0 Å². The number of rotatable bonds is 8. The Morgan fingerprint density at radius 2 is 1.86 bits per heavy atom. The molecule has 8 nitrogen and oxygen atoms in total. The summed E-state index contributed by atoms with van der Waals surface area (Å²) < 4.78 is 39.0. The Morgan fingerprint density at radius 1 is 1.25 bits per heavy atom. The van der Waals surface area contributed by atoms with Gasteiger partial charge < -0.3 is 20.1 Å². The van der Waals surface area contributed by atoms with E-state index in [0.717, 1.165) is 12.4 Å². The maximum Gasteiger partial charge on any atom is 0.337 e. The van der Waals surface area contributed by atoms with Crippen LogP contribution in [0.3, 0.4) is 0 Å². The van der Waals surface area contributed by atoms with Gasteiger partial charge in [-0.1, -0.05) is 33.1 Å². The van der Waals surface area contributed by atoms with Gasteiger partial charge >= 0.3 is 5.97 Å². The van der Waals surface area contributed by atoms with Gasteiger partial charge in [0.2, 0.25) is 0 Å². The third-order valence-corrected chi connectivity index (χ3v) is 4.13. The highest BCUT2D eigenvalue weighted by Crippen LogP contribution is 2.35. The van der Waals surface area contributed by atoms with Crippen LogP contribution in [0.5, 0.6) is 5.75 Å². The molecule has 28 heavy (non-hydrogen) atoms. The molecule has 1 rings (SSSR count). The normalized spacial score (nSPS) is 11.2. The first-order chi connectivity index (χ1) is 13.2. The molecule has 0 saturated carbocycles. The molecule has 154 valence electrons. The van der Waals surface area contributed by atoms with Gasteiger partial charge in [-0.05, 0) is 24.3 Å². The van der Waals surface area contributed by atoms with E-state index in [1.165, 1.54) is 36.3 Å². The highest BCUT2D eigenvalue weighted by Gasteiger charge is 2.25. The van der Waals surface area contributed by atoms with E-state index < -0.39 is 16.0 Å². The quantitative estimate of drug-likeness (QED) is 0.175. The van der Waals surface area contributed by atoms with E-state index in [1.807, 2.05) is 13.8 Å². The van der Waals surface area contributed by atoms with E-state index in [0.29, 0.717) is 0 Å². The lowest BCUT2D eigenvalue weighted by atomic mass is 10.2. The van der Waals surface area contributed by atoms with E-state index in [-0.39, 0.29) is 27.7 Å². The number of carbonyl (C=O) groups is 1. The predicted molar refractivity (Wildman–Crippen MR) is 112 cm³/mol. The lowest BCUT2D eigenvalue weighted by molar-refractivity contribution is 0.0600. The van der Waals surface area contributed by atoms with Crippen LogP contribution < -0.4 is 10.5 Å². The standard InChI is InChI=1S/C17H21N3O5S.C2H6/c1-6-8-13(7-2)25-16-14(18)9-12(17(21)24-5)10-15(16)26(22,23)19-11-20(3)4;1-2/h6-11H,1-2,18H2,3-5H3;1-2H3/b13-8+,19-11-;. The highest BCUT2D eigenvalue weighted by atomic mass is 32.2. The molecule has 0 aliphatic rings. The van der Waals surface area contributed by atoms with Gasteiger partial charge in [0.15, 0.2) is 5.75 Å². The van der Waals surface area contributed by atoms with Crippen molar-refractivity contribution in [1.29, 1.82) is 0 Å². The molecule has 0 heterocycles. The van der Waals surface area contributed by atoms with Crippen molar-refractivity contribution < 1.29 is 22.7 Å². The molecule has 2 N–H and O–H groups in total. The van der Waals surface area contributed by atoms with Crippen molar-refractivity contribution in [3.8, 4) is 5.75 Å². The van der Waals surface area contributed by atoms with Crippen LogP contribution in [0.15, 0.2) is 58.6 Å². The third kappa shape index (κ3) is 6.92. The number of carbonyl (C=O) groups excluding carboxylic acids is 1. The lowest BCUT2D eigenvalue weighted by Gasteiger charge is -2.14. The SMILES string of the molecule is C=C/C=C(\C=C)Oc1c(N)cc(C(=O)OC)cc1S(=O)(=O)/N=C\N(C)C.CC. The van der Waals surface area contributed by atoms with E-state index in [2.05, 4.69) is 22.3 Å². The number of esters is 1. The minimum absolute atomic E-state index is 0.0520. The van der Waals surface area contributed by atoms with Gasteiger partial charge in [-0.3, -0.25) is 0 Å². The van der Waals surface area contributed by atoms with Gasteiger partial charge in [-0.15, -0.1) is 4.40 Å². The maximum atomic E-state index is 12.6. The first-order valence-corrected chi connectivity index (χ1v) is 9.72. The number of allylic oxidation sites excluding steroid dienone is 3. The fourth-order valence-electron chi connectivity index (χ4n) is 1.75. The maximum absolute atomic E-state index is 12.6. The van der Waals surface area contributed by atoms with Crippen LogP contribution in [0.25, 0.3) is 0 Å². The lowest BCUT2D eigenvalue weighted by Crippen LogP contribution is -2.12. The number of anilines is 1. The Bertz CT molecular complexity index is 872. The number of nitrogen functional groups attached to an aromatic ring is 1. The summed E-state index contributed by atoms with van der Waals surface area (Å²) in [5, 5.41) is 0. The third-order valence-electron chi connectivity index (χ3n) is 2.90. The van der Waals surface area contributed by atoms with Gasteiger partial charge in [-0.2, -0.15) is 8.42 Å². The highest BCUT2D eigenvalue weighted by molar-refractivity contribution is 7.90. The molecular weight excluding hydrogens is 382 g/mol. The van der Waals surface area contributed by atoms with Crippen LogP contribution in [-0.4, -0.2) is 46.8 Å². The van der Waals surface area contributed by atoms with E-state index in [4.69, 9.17) is 10.5 Å². The van der Waals surface area contributed by atoms with E-state index >= 15 is 0 Å². The molecule has 0 aliphatic carbocycles. The molecular formula is C19H27N3O5S. The number of sulfonamides is 1. The van der Waals surface area contributed by atoms with Crippen LogP contribution in [0.4, 0.5) is 5.69 Å². The van der Waals surface area contributed by atoms with Crippen LogP contribution in [-0.2, 0) is 14.8 Å². The zero-order valence-corrected chi connectivity index (χ0v) is 17.6. The summed E-state index contributed by atoms with van der Waals surface area (Å²) in [5.74, 6) is -0.714. The first-order valence-electron chi connectivity index (χ1n) is 8.28. The van der Waals surface area contributed by atoms with E-state index in [9.17, 15) is 13.2 Å². The number of hydrogen-bond donors (Lipinski definition) is 1. The molecule has 0 atom stereocenters. The molecule has 0 unspecified atom stereocenters. The summed E-state index contributed by atoms with van der Waals surface area (Å²) in [6, 6.07) is 2.35. The minimum Gasteiger partial charge on any atom is -0.465 e. The van der Waals surface area contributed by atoms with Gasteiger partial charge in [0.1, 0.15) is 17.0 Å². The molecule has 0 aromatic heterocycles. The number of methoxy groups -OCH3 is 1. The zero-order chi connectivity index (χ0) is 21.9. The second-order valence-corrected chi connectivity index (χ2v) is 6.76. The molecule has 0 aliphatic heterocycles. The van der Waals surface area contributed by atoms with Gasteiger partial charge in [0.25, 0.3) is 10.0 Å². The number of benzene rings is 1. The molecule has 0 amide bonds. The molecule has 0 bridgehead atoms. The zero-order valence-electron chi connectivity index (χ0n) is 16.8. The summed E-state index contributed by atoms with van der Waals surface area (Å²) in [6.45, 7) is 11.1. The number of ether oxygens (including phenoxy) is 2. The average Bonchev–Trinajstić information content (AvgIpc) is 2.67. The van der Waals surface area contributed by atoms with Crippen molar-refractivity contribution >= 4 is 28.0 Å². The van der Waals surface area contributed by atoms with Crippen molar-refractivity contribution in [2.45, 2.75) is 18.7 Å². The Balaban J connectivity index is 0.00000352. The van der Waals surface area contributed by atoms with Gasteiger partial charge in [-0.25, -0.2) is 4.79 Å². The topological polar surface area (TPSA) is 111 Å². The summed E-state index contributed by atoms with van der Waals surface area (Å²) in [6.07, 6.45) is 5.37. The Kier molecular flexibility index (Phi) is 10.3. The molecule has 0 spiro atoms. The summed E-state index contributed by atoms with van der Waals surface area (Å²) in [4.78, 5) is 12.9. The van der Waals surface area contributed by atoms with Crippen molar-refractivity contribution in [3.05, 3.63) is 54.8 Å². The monoisotopic (exact) mass is 409 g/mol. The molecule has 0 radical (unpaired) electrons. The van der Waals surface area contributed by atoms with Crippen LogP contribution in [0.1, 0.15) is 24.2 Å².